The van der Waals surface area contributed by atoms with Crippen molar-refractivity contribution in [3.05, 3.63) is 48.6 Å². The lowest BCUT2D eigenvalue weighted by Gasteiger charge is -2.18. The number of rotatable bonds is 65. The summed E-state index contributed by atoms with van der Waals surface area (Å²) < 4.78 is 16.9. The minimum atomic E-state index is -0.799. The van der Waals surface area contributed by atoms with Crippen LogP contribution in [0.2, 0.25) is 0 Å². The first-order valence-electron chi connectivity index (χ1n) is 35.1. The van der Waals surface area contributed by atoms with Gasteiger partial charge in [0, 0.05) is 19.3 Å². The van der Waals surface area contributed by atoms with Crippen LogP contribution in [0.4, 0.5) is 0 Å². The number of carbonyl (C=O) groups is 3. The highest BCUT2D eigenvalue weighted by Gasteiger charge is 2.19. The summed E-state index contributed by atoms with van der Waals surface area (Å²) in [7, 11) is 0. The van der Waals surface area contributed by atoms with E-state index in [1.165, 1.54) is 270 Å². The highest BCUT2D eigenvalue weighted by atomic mass is 16.6. The third-order valence-corrected chi connectivity index (χ3v) is 15.9. The monoisotopic (exact) mass is 1110 g/mol. The number of hydrogen-bond acceptors (Lipinski definition) is 6. The SMILES string of the molecule is CC/C=C\C/C=C\C/C=C\C/C=C\CCC(=O)OCC(COC(=O)CCCCCCCCCCCCCCCCCCCCCCCCCCCCCCCCC)OC(=O)CCCCCCCCCCCCCCCCCCC. The second-order valence-corrected chi connectivity index (χ2v) is 23.8. The van der Waals surface area contributed by atoms with Crippen molar-refractivity contribution in [3.63, 3.8) is 0 Å². The second-order valence-electron chi connectivity index (χ2n) is 23.8. The molecule has 6 nitrogen and oxygen atoms in total. The molecule has 0 aliphatic heterocycles. The fraction of sp³-hybridized carbons (Fsp3) is 0.849. The van der Waals surface area contributed by atoms with Crippen LogP contribution in [0.1, 0.15) is 380 Å². The lowest BCUT2D eigenvalue weighted by atomic mass is 10.0. The lowest BCUT2D eigenvalue weighted by Crippen LogP contribution is -2.30. The molecule has 0 rings (SSSR count). The van der Waals surface area contributed by atoms with Gasteiger partial charge >= 0.3 is 17.9 Å². The third kappa shape index (κ3) is 66.1. The minimum Gasteiger partial charge on any atom is -0.462 e. The van der Waals surface area contributed by atoms with Gasteiger partial charge in [-0.05, 0) is 44.9 Å². The molecule has 0 N–H and O–H groups in total. The molecule has 0 aliphatic carbocycles. The first-order valence-corrected chi connectivity index (χ1v) is 35.1. The van der Waals surface area contributed by atoms with Gasteiger partial charge in [-0.15, -0.1) is 0 Å². The van der Waals surface area contributed by atoms with E-state index in [1.54, 1.807) is 0 Å². The molecule has 1 atom stereocenters. The van der Waals surface area contributed by atoms with Crippen molar-refractivity contribution in [2.45, 2.75) is 386 Å². The van der Waals surface area contributed by atoms with Crippen molar-refractivity contribution in [2.75, 3.05) is 13.2 Å². The van der Waals surface area contributed by atoms with Gasteiger partial charge in [-0.2, -0.15) is 0 Å². The molecule has 0 radical (unpaired) electrons. The van der Waals surface area contributed by atoms with Gasteiger partial charge in [-0.3, -0.25) is 14.4 Å². The second kappa shape index (κ2) is 67.9. The van der Waals surface area contributed by atoms with Crippen molar-refractivity contribution in [1.29, 1.82) is 0 Å². The molecular formula is C73H134O6. The Bertz CT molecular complexity index is 1360. The van der Waals surface area contributed by atoms with E-state index < -0.39 is 6.10 Å². The van der Waals surface area contributed by atoms with Crippen LogP contribution in [-0.4, -0.2) is 37.2 Å². The Hall–Kier alpha value is -2.63. The number of hydrogen-bond donors (Lipinski definition) is 0. The predicted molar refractivity (Wildman–Crippen MR) is 344 cm³/mol. The smallest absolute Gasteiger partial charge is 0.306 e. The maximum Gasteiger partial charge on any atom is 0.306 e. The van der Waals surface area contributed by atoms with E-state index >= 15 is 0 Å². The van der Waals surface area contributed by atoms with Gasteiger partial charge in [-0.1, -0.05) is 365 Å². The highest BCUT2D eigenvalue weighted by Crippen LogP contribution is 2.19. The van der Waals surface area contributed by atoms with Crippen LogP contribution in [0.25, 0.3) is 0 Å². The largest absolute Gasteiger partial charge is 0.462 e. The first-order chi connectivity index (χ1) is 39.0. The van der Waals surface area contributed by atoms with Crippen LogP contribution in [0, 0.1) is 0 Å². The standard InChI is InChI=1S/C73H134O6/c1-4-7-10-13-16-19-22-25-27-29-30-31-32-33-34-35-36-37-38-39-40-41-42-44-45-48-51-54-57-60-63-66-72(75)78-69-70(68-77-71(74)65-62-59-56-53-50-47-24-21-18-15-12-9-6-3)79-73(76)67-64-61-58-55-52-49-46-43-28-26-23-20-17-14-11-8-5-2/h9,12,18,21,47,50,56,59,70H,4-8,10-11,13-17,19-20,22-46,48-49,51-55,57-58,60-69H2,1-3H3/b12-9-,21-18-,50-47-,59-56-. The zero-order valence-electron chi connectivity index (χ0n) is 53.2. The molecule has 0 aliphatic rings. The van der Waals surface area contributed by atoms with Gasteiger partial charge in [0.25, 0.3) is 0 Å². The molecule has 0 saturated heterocycles. The summed E-state index contributed by atoms with van der Waals surface area (Å²) >= 11 is 0. The van der Waals surface area contributed by atoms with E-state index in [2.05, 4.69) is 63.3 Å². The normalized spacial score (nSPS) is 12.3. The first kappa shape index (κ1) is 76.4. The number of allylic oxidation sites excluding steroid dienone is 8. The molecule has 79 heavy (non-hydrogen) atoms. The summed E-state index contributed by atoms with van der Waals surface area (Å²) in [5, 5.41) is 0. The Morgan fingerprint density at radius 1 is 0.266 bits per heavy atom. The van der Waals surface area contributed by atoms with Gasteiger partial charge in [0.05, 0.1) is 0 Å². The Kier molecular flexibility index (Phi) is 65.6. The van der Waals surface area contributed by atoms with Crippen molar-refractivity contribution >= 4 is 17.9 Å². The van der Waals surface area contributed by atoms with E-state index in [0.29, 0.717) is 19.3 Å². The third-order valence-electron chi connectivity index (χ3n) is 15.9. The average molecular weight is 1110 g/mol. The summed E-state index contributed by atoms with van der Waals surface area (Å²) in [6.07, 6.45) is 86.1. The summed E-state index contributed by atoms with van der Waals surface area (Å²) in [5.74, 6) is -0.950. The van der Waals surface area contributed by atoms with Gasteiger partial charge in [-0.25, -0.2) is 0 Å². The van der Waals surface area contributed by atoms with E-state index in [1.807, 2.05) is 6.08 Å². The number of unbranched alkanes of at least 4 members (excludes halogenated alkanes) is 46. The van der Waals surface area contributed by atoms with Crippen molar-refractivity contribution in [2.24, 2.45) is 0 Å². The van der Waals surface area contributed by atoms with E-state index in [-0.39, 0.29) is 37.5 Å². The lowest BCUT2D eigenvalue weighted by molar-refractivity contribution is -0.166. The molecule has 0 spiro atoms. The predicted octanol–water partition coefficient (Wildman–Crippen LogP) is 24.1. The van der Waals surface area contributed by atoms with Crippen LogP contribution >= 0.6 is 0 Å². The average Bonchev–Trinajstić information content (AvgIpc) is 3.45. The molecule has 462 valence electrons. The highest BCUT2D eigenvalue weighted by molar-refractivity contribution is 5.71. The maximum absolute atomic E-state index is 12.9. The van der Waals surface area contributed by atoms with Gasteiger partial charge in [0.2, 0.25) is 0 Å². The summed E-state index contributed by atoms with van der Waals surface area (Å²) in [5.41, 5.74) is 0. The zero-order chi connectivity index (χ0) is 57.1. The molecule has 0 fully saturated rings. The molecule has 0 saturated carbocycles. The van der Waals surface area contributed by atoms with Crippen molar-refractivity contribution < 1.29 is 28.6 Å². The zero-order valence-corrected chi connectivity index (χ0v) is 53.2. The van der Waals surface area contributed by atoms with Gasteiger partial charge in [0.1, 0.15) is 13.2 Å². The molecule has 6 heteroatoms. The molecule has 0 aromatic carbocycles. The molecule has 1 unspecified atom stereocenters. The maximum atomic E-state index is 12.9. The topological polar surface area (TPSA) is 78.9 Å². The fourth-order valence-electron chi connectivity index (χ4n) is 10.6. The number of esters is 3. The summed E-state index contributed by atoms with van der Waals surface area (Å²) in [6, 6.07) is 0. The quantitative estimate of drug-likeness (QED) is 0.0261. The van der Waals surface area contributed by atoms with E-state index in [0.717, 1.165) is 64.2 Å². The fourth-order valence-corrected chi connectivity index (χ4v) is 10.6. The number of carbonyl (C=O) groups excluding carboxylic acids is 3. The summed E-state index contributed by atoms with van der Waals surface area (Å²) in [6.45, 7) is 6.53. The van der Waals surface area contributed by atoms with Crippen molar-refractivity contribution in [3.8, 4) is 0 Å². The molecule has 0 aromatic heterocycles. The molecule has 0 amide bonds. The van der Waals surface area contributed by atoms with Gasteiger partial charge < -0.3 is 14.2 Å². The molecule has 0 aromatic rings. The summed E-state index contributed by atoms with van der Waals surface area (Å²) in [4.78, 5) is 38.3. The van der Waals surface area contributed by atoms with E-state index in [9.17, 15) is 14.4 Å². The Labute approximate surface area is 492 Å². The molecular weight excluding hydrogens is 973 g/mol. The van der Waals surface area contributed by atoms with Crippen LogP contribution < -0.4 is 0 Å². The number of ether oxygens (including phenoxy) is 3. The molecule has 0 heterocycles. The van der Waals surface area contributed by atoms with E-state index in [4.69, 9.17) is 14.2 Å². The minimum absolute atomic E-state index is 0.0899. The van der Waals surface area contributed by atoms with Crippen LogP contribution in [-0.2, 0) is 28.6 Å². The Morgan fingerprint density at radius 3 is 0.772 bits per heavy atom. The van der Waals surface area contributed by atoms with Crippen LogP contribution in [0.3, 0.4) is 0 Å². The molecule has 0 bridgehead atoms. The Morgan fingerprint density at radius 2 is 0.494 bits per heavy atom. The Balaban J connectivity index is 4.15. The van der Waals surface area contributed by atoms with Crippen molar-refractivity contribution in [1.82, 2.24) is 0 Å². The van der Waals surface area contributed by atoms with Crippen LogP contribution in [0.15, 0.2) is 48.6 Å². The van der Waals surface area contributed by atoms with Crippen LogP contribution in [0.5, 0.6) is 0 Å². The van der Waals surface area contributed by atoms with Gasteiger partial charge in [0.15, 0.2) is 6.10 Å².